The second-order valence-corrected chi connectivity index (χ2v) is 8.10. The number of nitriles is 1. The van der Waals surface area contributed by atoms with Crippen LogP contribution < -0.4 is 14.8 Å². The standard InChI is InChI=1S/C22H14ClN3O5S/c23-16-4-2-1-3-15(16)21-6-5-14(32-21)9-13(12-24)22(27)25-17-10-19-20(31-8-7-30-19)11-18(17)26(28)29/h1-6,9-11H,7-8H2,(H,25,27)/b13-9+. The Hall–Kier alpha value is -3.87. The number of hydrogen-bond acceptors (Lipinski definition) is 7. The van der Waals surface area contributed by atoms with Gasteiger partial charge in [-0.2, -0.15) is 5.26 Å². The van der Waals surface area contributed by atoms with Gasteiger partial charge in [0.05, 0.1) is 11.0 Å². The fourth-order valence-electron chi connectivity index (χ4n) is 3.05. The summed E-state index contributed by atoms with van der Waals surface area (Å²) in [7, 11) is 0. The van der Waals surface area contributed by atoms with Gasteiger partial charge in [0.1, 0.15) is 30.5 Å². The largest absolute Gasteiger partial charge is 0.486 e. The van der Waals surface area contributed by atoms with Crippen molar-refractivity contribution in [1.29, 1.82) is 5.26 Å². The second kappa shape index (κ2) is 9.09. The fourth-order valence-corrected chi connectivity index (χ4v) is 4.33. The van der Waals surface area contributed by atoms with Crippen LogP contribution in [0.15, 0.2) is 54.1 Å². The van der Waals surface area contributed by atoms with E-state index in [1.54, 1.807) is 12.1 Å². The third-order valence-electron chi connectivity index (χ3n) is 4.52. The molecule has 1 amide bonds. The summed E-state index contributed by atoms with van der Waals surface area (Å²) in [5, 5.41) is 24.0. The molecule has 0 fully saturated rings. The zero-order valence-corrected chi connectivity index (χ0v) is 17.9. The normalized spacial score (nSPS) is 12.7. The summed E-state index contributed by atoms with van der Waals surface area (Å²) in [6.07, 6.45) is 1.42. The maximum absolute atomic E-state index is 12.7. The van der Waals surface area contributed by atoms with E-state index < -0.39 is 10.8 Å². The van der Waals surface area contributed by atoms with Gasteiger partial charge in [0.15, 0.2) is 11.5 Å². The molecule has 160 valence electrons. The highest BCUT2D eigenvalue weighted by Crippen LogP contribution is 2.39. The molecule has 2 aromatic carbocycles. The van der Waals surface area contributed by atoms with E-state index in [0.717, 1.165) is 10.4 Å². The van der Waals surface area contributed by atoms with Crippen LogP contribution in [0.5, 0.6) is 11.5 Å². The van der Waals surface area contributed by atoms with Crippen LogP contribution in [0.2, 0.25) is 5.02 Å². The fraction of sp³-hybridized carbons (Fsp3) is 0.0909. The van der Waals surface area contributed by atoms with Gasteiger partial charge in [0.2, 0.25) is 0 Å². The molecule has 1 aliphatic rings. The maximum atomic E-state index is 12.7. The monoisotopic (exact) mass is 467 g/mol. The molecule has 1 aromatic heterocycles. The molecule has 2 heterocycles. The smallest absolute Gasteiger partial charge is 0.296 e. The van der Waals surface area contributed by atoms with Crippen molar-refractivity contribution >= 4 is 46.3 Å². The first-order valence-corrected chi connectivity index (χ1v) is 10.5. The number of anilines is 1. The Kier molecular flexibility index (Phi) is 6.07. The van der Waals surface area contributed by atoms with Crippen LogP contribution in [0.1, 0.15) is 4.88 Å². The first-order valence-electron chi connectivity index (χ1n) is 9.32. The number of rotatable bonds is 5. The van der Waals surface area contributed by atoms with Gasteiger partial charge in [-0.3, -0.25) is 14.9 Å². The number of thiophene rings is 1. The van der Waals surface area contributed by atoms with E-state index in [1.807, 2.05) is 30.3 Å². The van der Waals surface area contributed by atoms with E-state index in [0.29, 0.717) is 9.90 Å². The van der Waals surface area contributed by atoms with Crippen molar-refractivity contribution in [1.82, 2.24) is 0 Å². The lowest BCUT2D eigenvalue weighted by atomic mass is 10.2. The maximum Gasteiger partial charge on any atom is 0.296 e. The molecule has 3 aromatic rings. The number of ether oxygens (including phenoxy) is 2. The average molecular weight is 468 g/mol. The first kappa shape index (κ1) is 21.4. The van der Waals surface area contributed by atoms with Gasteiger partial charge in [-0.15, -0.1) is 11.3 Å². The van der Waals surface area contributed by atoms with Crippen LogP contribution in [0, 0.1) is 21.4 Å². The zero-order valence-electron chi connectivity index (χ0n) is 16.3. The van der Waals surface area contributed by atoms with E-state index in [9.17, 15) is 20.2 Å². The average Bonchev–Trinajstić information content (AvgIpc) is 3.25. The molecule has 1 aliphatic heterocycles. The molecule has 0 atom stereocenters. The van der Waals surface area contributed by atoms with Crippen molar-refractivity contribution in [2.45, 2.75) is 0 Å². The molecule has 8 nitrogen and oxygen atoms in total. The lowest BCUT2D eigenvalue weighted by Crippen LogP contribution is -2.18. The van der Waals surface area contributed by atoms with Crippen molar-refractivity contribution in [3.05, 3.63) is 74.1 Å². The summed E-state index contributed by atoms with van der Waals surface area (Å²) in [6, 6.07) is 15.3. The number of carbonyl (C=O) groups excluding carboxylic acids is 1. The highest BCUT2D eigenvalue weighted by molar-refractivity contribution is 7.16. The summed E-state index contributed by atoms with van der Waals surface area (Å²) in [4.78, 5) is 25.1. The molecule has 4 rings (SSSR count). The van der Waals surface area contributed by atoms with Gasteiger partial charge in [0, 0.05) is 26.4 Å². The number of fused-ring (bicyclic) bond motifs is 1. The van der Waals surface area contributed by atoms with Gasteiger partial charge < -0.3 is 14.8 Å². The molecule has 0 unspecified atom stereocenters. The molecule has 32 heavy (non-hydrogen) atoms. The molecule has 0 aliphatic carbocycles. The lowest BCUT2D eigenvalue weighted by Gasteiger charge is -2.19. The Labute approximate surface area is 191 Å². The summed E-state index contributed by atoms with van der Waals surface area (Å²) in [5.74, 6) is -0.273. The van der Waals surface area contributed by atoms with Gasteiger partial charge >= 0.3 is 0 Å². The SMILES string of the molecule is N#C/C(=C\c1ccc(-c2ccccc2Cl)s1)C(=O)Nc1cc2c(cc1[N+](=O)[O-])OCCO2. The van der Waals surface area contributed by atoms with Crippen molar-refractivity contribution in [3.63, 3.8) is 0 Å². The van der Waals surface area contributed by atoms with Gasteiger partial charge in [-0.25, -0.2) is 0 Å². The van der Waals surface area contributed by atoms with E-state index in [2.05, 4.69) is 5.32 Å². The van der Waals surface area contributed by atoms with Crippen LogP contribution in [0.3, 0.4) is 0 Å². The number of nitrogens with zero attached hydrogens (tertiary/aromatic N) is 2. The quantitative estimate of drug-likeness (QED) is 0.236. The minimum Gasteiger partial charge on any atom is -0.486 e. The third kappa shape index (κ3) is 4.42. The molecular weight excluding hydrogens is 454 g/mol. The topological polar surface area (TPSA) is 114 Å². The predicted octanol–water partition coefficient (Wildman–Crippen LogP) is 5.29. The Morgan fingerprint density at radius 3 is 2.59 bits per heavy atom. The number of hydrogen-bond donors (Lipinski definition) is 1. The minimum atomic E-state index is -0.778. The highest BCUT2D eigenvalue weighted by Gasteiger charge is 2.24. The number of carbonyl (C=O) groups is 1. The number of nitro benzene ring substituents is 1. The Bertz CT molecular complexity index is 1290. The third-order valence-corrected chi connectivity index (χ3v) is 5.92. The summed E-state index contributed by atoms with van der Waals surface area (Å²) >= 11 is 7.59. The van der Waals surface area contributed by atoms with E-state index in [-0.39, 0.29) is 41.7 Å². The van der Waals surface area contributed by atoms with Crippen molar-refractivity contribution < 1.29 is 19.2 Å². The molecule has 0 radical (unpaired) electrons. The molecule has 10 heteroatoms. The van der Waals surface area contributed by atoms with Crippen LogP contribution in [-0.4, -0.2) is 24.0 Å². The van der Waals surface area contributed by atoms with Gasteiger partial charge in [0.25, 0.3) is 11.6 Å². The molecular formula is C22H14ClN3O5S. The summed E-state index contributed by atoms with van der Waals surface area (Å²) in [5.41, 5.74) is 0.181. The van der Waals surface area contributed by atoms with Crippen LogP contribution in [0.4, 0.5) is 11.4 Å². The number of halogens is 1. The first-order chi connectivity index (χ1) is 15.5. The molecule has 0 saturated carbocycles. The van der Waals surface area contributed by atoms with E-state index in [1.165, 1.54) is 29.5 Å². The molecule has 1 N–H and O–H groups in total. The number of nitrogens with one attached hydrogen (secondary N) is 1. The second-order valence-electron chi connectivity index (χ2n) is 6.58. The van der Waals surface area contributed by atoms with Crippen molar-refractivity contribution in [2.24, 2.45) is 0 Å². The highest BCUT2D eigenvalue weighted by atomic mass is 35.5. The van der Waals surface area contributed by atoms with Crippen molar-refractivity contribution in [3.8, 4) is 28.0 Å². The van der Waals surface area contributed by atoms with Gasteiger partial charge in [-0.05, 0) is 24.3 Å². The molecule has 0 saturated heterocycles. The minimum absolute atomic E-state index is 0.0895. The number of nitro groups is 1. The zero-order chi connectivity index (χ0) is 22.7. The lowest BCUT2D eigenvalue weighted by molar-refractivity contribution is -0.384. The van der Waals surface area contributed by atoms with Crippen LogP contribution in [0.25, 0.3) is 16.5 Å². The van der Waals surface area contributed by atoms with Crippen LogP contribution in [-0.2, 0) is 4.79 Å². The Morgan fingerprint density at radius 2 is 1.91 bits per heavy atom. The van der Waals surface area contributed by atoms with Gasteiger partial charge in [-0.1, -0.05) is 29.8 Å². The van der Waals surface area contributed by atoms with E-state index in [4.69, 9.17) is 21.1 Å². The Balaban J connectivity index is 1.61. The van der Waals surface area contributed by atoms with Crippen LogP contribution >= 0.6 is 22.9 Å². The summed E-state index contributed by atoms with van der Waals surface area (Å²) in [6.45, 7) is 0.557. The molecule has 0 bridgehead atoms. The molecule has 0 spiro atoms. The van der Waals surface area contributed by atoms with E-state index >= 15 is 0 Å². The Morgan fingerprint density at radius 1 is 1.19 bits per heavy atom. The number of benzene rings is 2. The predicted molar refractivity (Wildman–Crippen MR) is 121 cm³/mol. The van der Waals surface area contributed by atoms with Crippen molar-refractivity contribution in [2.75, 3.05) is 18.5 Å². The number of amides is 1. The summed E-state index contributed by atoms with van der Waals surface area (Å²) < 4.78 is 10.8.